The molecule has 0 saturated carbocycles. The van der Waals surface area contributed by atoms with Crippen molar-refractivity contribution in [1.29, 1.82) is 0 Å². The van der Waals surface area contributed by atoms with Crippen molar-refractivity contribution < 1.29 is 14.7 Å². The lowest BCUT2D eigenvalue weighted by Gasteiger charge is -2.24. The van der Waals surface area contributed by atoms with Gasteiger partial charge in [-0.3, -0.25) is 4.90 Å². The zero-order valence-electron chi connectivity index (χ0n) is 11.7. The zero-order valence-corrected chi connectivity index (χ0v) is 11.7. The van der Waals surface area contributed by atoms with Crippen molar-refractivity contribution in [3.8, 4) is 12.3 Å². The molecule has 5 nitrogen and oxygen atoms in total. The number of rotatable bonds is 3. The van der Waals surface area contributed by atoms with Crippen LogP contribution in [0.1, 0.15) is 24.8 Å². The van der Waals surface area contributed by atoms with E-state index in [4.69, 9.17) is 11.5 Å². The second-order valence-corrected chi connectivity index (χ2v) is 4.99. The predicted octanol–water partition coefficient (Wildman–Crippen LogP) is 2.02. The minimum atomic E-state index is -1.12. The molecular formula is C16H18N2O3. The van der Waals surface area contributed by atoms with Crippen molar-refractivity contribution in [1.82, 2.24) is 5.32 Å². The van der Waals surface area contributed by atoms with E-state index in [1.807, 2.05) is 24.3 Å². The van der Waals surface area contributed by atoms with Crippen LogP contribution in [0.25, 0.3) is 0 Å². The van der Waals surface area contributed by atoms with Crippen LogP contribution in [0.5, 0.6) is 0 Å². The fraction of sp³-hybridized carbons (Fsp3) is 0.375. The fourth-order valence-corrected chi connectivity index (χ4v) is 2.45. The third kappa shape index (κ3) is 3.54. The topological polar surface area (TPSA) is 69.6 Å². The molecule has 2 amide bonds. The Labute approximate surface area is 124 Å². The summed E-state index contributed by atoms with van der Waals surface area (Å²) < 4.78 is 0. The number of aryl methyl sites for hydroxylation is 1. The SMILES string of the molecule is C#CCC(NC(=O)N1CCCCc2ccccc21)C(=O)O. The van der Waals surface area contributed by atoms with Crippen LogP contribution < -0.4 is 10.2 Å². The van der Waals surface area contributed by atoms with Gasteiger partial charge >= 0.3 is 12.0 Å². The molecule has 1 heterocycles. The number of urea groups is 1. The Balaban J connectivity index is 2.19. The number of nitrogens with zero attached hydrogens (tertiary/aromatic N) is 1. The van der Waals surface area contributed by atoms with Crippen molar-refractivity contribution in [2.24, 2.45) is 0 Å². The van der Waals surface area contributed by atoms with Crippen LogP contribution in [-0.4, -0.2) is 29.7 Å². The van der Waals surface area contributed by atoms with Gasteiger partial charge in [-0.2, -0.15) is 0 Å². The van der Waals surface area contributed by atoms with Gasteiger partial charge in [-0.25, -0.2) is 9.59 Å². The highest BCUT2D eigenvalue weighted by Crippen LogP contribution is 2.26. The molecule has 1 unspecified atom stereocenters. The summed E-state index contributed by atoms with van der Waals surface area (Å²) in [6.45, 7) is 0.575. The number of benzene rings is 1. The number of amides is 2. The molecule has 2 N–H and O–H groups in total. The minimum absolute atomic E-state index is 0.0312. The Bertz CT molecular complexity index is 577. The molecule has 0 spiro atoms. The van der Waals surface area contributed by atoms with E-state index >= 15 is 0 Å². The lowest BCUT2D eigenvalue weighted by molar-refractivity contribution is -0.139. The highest BCUT2D eigenvalue weighted by molar-refractivity contribution is 5.95. The van der Waals surface area contributed by atoms with Gasteiger partial charge in [-0.15, -0.1) is 12.3 Å². The van der Waals surface area contributed by atoms with Gasteiger partial charge in [-0.05, 0) is 30.9 Å². The van der Waals surface area contributed by atoms with Crippen LogP contribution in [0.2, 0.25) is 0 Å². The molecule has 110 valence electrons. The Morgan fingerprint density at radius 3 is 2.86 bits per heavy atom. The number of carboxylic acids is 1. The average Bonchev–Trinajstić information content (AvgIpc) is 2.69. The van der Waals surface area contributed by atoms with Gasteiger partial charge in [0, 0.05) is 18.7 Å². The van der Waals surface area contributed by atoms with E-state index in [0.717, 1.165) is 30.5 Å². The summed E-state index contributed by atoms with van der Waals surface area (Å²) in [5, 5.41) is 11.6. The molecule has 0 bridgehead atoms. The molecule has 0 aliphatic carbocycles. The average molecular weight is 286 g/mol. The number of carbonyl (C=O) groups excluding carboxylic acids is 1. The summed E-state index contributed by atoms with van der Waals surface area (Å²) in [4.78, 5) is 25.1. The first-order chi connectivity index (χ1) is 10.1. The quantitative estimate of drug-likeness (QED) is 0.835. The Morgan fingerprint density at radius 1 is 1.38 bits per heavy atom. The first-order valence-corrected chi connectivity index (χ1v) is 6.95. The van der Waals surface area contributed by atoms with Gasteiger partial charge in [0.15, 0.2) is 0 Å². The molecule has 1 aliphatic heterocycles. The third-order valence-electron chi connectivity index (χ3n) is 3.52. The van der Waals surface area contributed by atoms with E-state index < -0.39 is 18.0 Å². The van der Waals surface area contributed by atoms with Gasteiger partial charge in [-0.1, -0.05) is 18.2 Å². The van der Waals surface area contributed by atoms with Crippen molar-refractivity contribution in [2.75, 3.05) is 11.4 Å². The minimum Gasteiger partial charge on any atom is -0.480 e. The standard InChI is InChI=1S/C16H18N2O3/c1-2-7-13(15(19)20)17-16(21)18-11-6-5-9-12-8-3-4-10-14(12)18/h1,3-4,8,10,13H,5-7,9,11H2,(H,17,21)(H,19,20). The van der Waals surface area contributed by atoms with E-state index in [2.05, 4.69) is 11.2 Å². The van der Waals surface area contributed by atoms with Crippen molar-refractivity contribution in [3.63, 3.8) is 0 Å². The maximum Gasteiger partial charge on any atom is 0.327 e. The van der Waals surface area contributed by atoms with Crippen molar-refractivity contribution in [3.05, 3.63) is 29.8 Å². The second-order valence-electron chi connectivity index (χ2n) is 4.99. The van der Waals surface area contributed by atoms with E-state index in [1.54, 1.807) is 4.90 Å². The maximum absolute atomic E-state index is 12.4. The second kappa shape index (κ2) is 6.80. The summed E-state index contributed by atoms with van der Waals surface area (Å²) in [5.41, 5.74) is 1.95. The molecule has 1 atom stereocenters. The molecule has 1 aromatic carbocycles. The molecule has 1 aromatic rings. The van der Waals surface area contributed by atoms with Crippen molar-refractivity contribution >= 4 is 17.7 Å². The summed E-state index contributed by atoms with van der Waals surface area (Å²) in [7, 11) is 0. The van der Waals surface area contributed by atoms with Gasteiger partial charge in [0.2, 0.25) is 0 Å². The molecule has 0 saturated heterocycles. The number of aliphatic carboxylic acids is 1. The monoisotopic (exact) mass is 286 g/mol. The van der Waals surface area contributed by atoms with Gasteiger partial charge in [0.1, 0.15) is 6.04 Å². The van der Waals surface area contributed by atoms with Gasteiger partial charge in [0.05, 0.1) is 0 Å². The molecule has 1 aliphatic rings. The predicted molar refractivity (Wildman–Crippen MR) is 80.1 cm³/mol. The van der Waals surface area contributed by atoms with Crippen LogP contribution in [-0.2, 0) is 11.2 Å². The maximum atomic E-state index is 12.4. The van der Waals surface area contributed by atoms with E-state index in [1.165, 1.54) is 0 Å². The zero-order chi connectivity index (χ0) is 15.2. The number of hydrogen-bond donors (Lipinski definition) is 2. The molecule has 0 aromatic heterocycles. The summed E-state index contributed by atoms with van der Waals surface area (Å²) >= 11 is 0. The van der Waals surface area contributed by atoms with E-state index in [0.29, 0.717) is 6.54 Å². The number of anilines is 1. The Kier molecular flexibility index (Phi) is 4.83. The molecule has 5 heteroatoms. The van der Waals surface area contributed by atoms with Crippen LogP contribution >= 0.6 is 0 Å². The van der Waals surface area contributed by atoms with Crippen LogP contribution in [0.15, 0.2) is 24.3 Å². The number of terminal acetylenes is 1. The van der Waals surface area contributed by atoms with Crippen LogP contribution in [0.3, 0.4) is 0 Å². The van der Waals surface area contributed by atoms with Crippen molar-refractivity contribution in [2.45, 2.75) is 31.7 Å². The first-order valence-electron chi connectivity index (χ1n) is 6.95. The fourth-order valence-electron chi connectivity index (χ4n) is 2.45. The number of hydrogen-bond acceptors (Lipinski definition) is 2. The first kappa shape index (κ1) is 14.9. The Morgan fingerprint density at radius 2 is 2.14 bits per heavy atom. The number of carboxylic acid groups (broad SMARTS) is 1. The highest BCUT2D eigenvalue weighted by atomic mass is 16.4. The molecule has 2 rings (SSSR count). The number of nitrogens with one attached hydrogen (secondary N) is 1. The normalized spacial score (nSPS) is 15.3. The number of carbonyl (C=O) groups is 2. The largest absolute Gasteiger partial charge is 0.480 e. The number of para-hydroxylation sites is 1. The lowest BCUT2D eigenvalue weighted by Crippen LogP contribution is -2.48. The summed E-state index contributed by atoms with van der Waals surface area (Å²) in [6.07, 6.45) is 7.93. The third-order valence-corrected chi connectivity index (χ3v) is 3.52. The molecule has 21 heavy (non-hydrogen) atoms. The summed E-state index contributed by atoms with van der Waals surface area (Å²) in [6, 6.07) is 6.23. The highest BCUT2D eigenvalue weighted by Gasteiger charge is 2.25. The smallest absolute Gasteiger partial charge is 0.327 e. The van der Waals surface area contributed by atoms with Gasteiger partial charge in [0.25, 0.3) is 0 Å². The van der Waals surface area contributed by atoms with E-state index in [-0.39, 0.29) is 6.42 Å². The molecular weight excluding hydrogens is 268 g/mol. The van der Waals surface area contributed by atoms with E-state index in [9.17, 15) is 9.59 Å². The summed E-state index contributed by atoms with van der Waals surface area (Å²) in [5.74, 6) is 1.15. The van der Waals surface area contributed by atoms with Crippen LogP contribution in [0.4, 0.5) is 10.5 Å². The Hall–Kier alpha value is -2.48. The van der Waals surface area contributed by atoms with Crippen LogP contribution in [0, 0.1) is 12.3 Å². The number of fused-ring (bicyclic) bond motifs is 1. The molecule has 0 fully saturated rings. The lowest BCUT2D eigenvalue weighted by atomic mass is 10.1. The van der Waals surface area contributed by atoms with Gasteiger partial charge < -0.3 is 10.4 Å². The molecule has 0 radical (unpaired) electrons.